The van der Waals surface area contributed by atoms with E-state index in [0.717, 1.165) is 10.9 Å². The molecule has 0 radical (unpaired) electrons. The van der Waals surface area contributed by atoms with Crippen molar-refractivity contribution in [1.82, 2.24) is 15.0 Å². The number of aryl methyl sites for hydroxylation is 1. The van der Waals surface area contributed by atoms with Crippen LogP contribution in [0.3, 0.4) is 0 Å². The van der Waals surface area contributed by atoms with Gasteiger partial charge in [0, 0.05) is 10.9 Å². The Morgan fingerprint density at radius 1 is 1.15 bits per heavy atom. The van der Waals surface area contributed by atoms with Gasteiger partial charge >= 0.3 is 5.63 Å². The highest BCUT2D eigenvalue weighted by atomic mass is 16.5. The Labute approximate surface area is 149 Å². The van der Waals surface area contributed by atoms with Crippen molar-refractivity contribution in [3.63, 3.8) is 0 Å². The number of nitrogens with zero attached hydrogens (tertiary/aromatic N) is 3. The SMILES string of the molecule is CCOc1cccc2cc(-n3cc(-c4ccc(C)cc4)nn3)c(=O)oc12. The van der Waals surface area contributed by atoms with Crippen LogP contribution >= 0.6 is 0 Å². The van der Waals surface area contributed by atoms with Gasteiger partial charge in [-0.3, -0.25) is 0 Å². The van der Waals surface area contributed by atoms with E-state index in [1.807, 2.05) is 50.2 Å². The summed E-state index contributed by atoms with van der Waals surface area (Å²) in [4.78, 5) is 12.5. The van der Waals surface area contributed by atoms with Crippen LogP contribution in [0.1, 0.15) is 12.5 Å². The fraction of sp³-hybridized carbons (Fsp3) is 0.150. The van der Waals surface area contributed by atoms with Gasteiger partial charge in [0.1, 0.15) is 5.69 Å². The third-order valence-corrected chi connectivity index (χ3v) is 4.09. The predicted molar refractivity (Wildman–Crippen MR) is 98.7 cm³/mol. The molecule has 6 nitrogen and oxygen atoms in total. The summed E-state index contributed by atoms with van der Waals surface area (Å²) >= 11 is 0. The first-order chi connectivity index (χ1) is 12.7. The summed E-state index contributed by atoms with van der Waals surface area (Å²) in [6.45, 7) is 4.40. The maximum Gasteiger partial charge on any atom is 0.362 e. The van der Waals surface area contributed by atoms with Gasteiger partial charge in [0.05, 0.1) is 12.8 Å². The largest absolute Gasteiger partial charge is 0.490 e. The van der Waals surface area contributed by atoms with E-state index in [0.29, 0.717) is 29.3 Å². The van der Waals surface area contributed by atoms with Gasteiger partial charge in [-0.15, -0.1) is 5.10 Å². The Kier molecular flexibility index (Phi) is 4.01. The van der Waals surface area contributed by atoms with Crippen LogP contribution in [0, 0.1) is 6.92 Å². The Morgan fingerprint density at radius 2 is 1.96 bits per heavy atom. The molecule has 0 saturated carbocycles. The van der Waals surface area contributed by atoms with Gasteiger partial charge in [-0.2, -0.15) is 0 Å². The molecule has 4 rings (SSSR count). The predicted octanol–water partition coefficient (Wildman–Crippen LogP) is 3.75. The zero-order chi connectivity index (χ0) is 18.1. The van der Waals surface area contributed by atoms with Crippen molar-refractivity contribution in [3.05, 3.63) is 70.7 Å². The summed E-state index contributed by atoms with van der Waals surface area (Å²) in [5.41, 5.74) is 3.03. The zero-order valence-corrected chi connectivity index (χ0v) is 14.5. The molecule has 26 heavy (non-hydrogen) atoms. The van der Waals surface area contributed by atoms with Crippen LogP contribution in [0.2, 0.25) is 0 Å². The number of ether oxygens (including phenoxy) is 1. The molecule has 0 spiro atoms. The van der Waals surface area contributed by atoms with Gasteiger partial charge in [0.2, 0.25) is 0 Å². The normalized spacial score (nSPS) is 11.0. The van der Waals surface area contributed by atoms with E-state index in [9.17, 15) is 4.79 Å². The first-order valence-electron chi connectivity index (χ1n) is 8.35. The summed E-state index contributed by atoms with van der Waals surface area (Å²) in [7, 11) is 0. The van der Waals surface area contributed by atoms with Crippen LogP contribution < -0.4 is 10.4 Å². The molecule has 0 aliphatic heterocycles. The molecule has 0 unspecified atom stereocenters. The van der Waals surface area contributed by atoms with Crippen LogP contribution in [0.25, 0.3) is 27.9 Å². The van der Waals surface area contributed by atoms with Crippen molar-refractivity contribution < 1.29 is 9.15 Å². The van der Waals surface area contributed by atoms with Crippen LogP contribution in [-0.2, 0) is 0 Å². The Bertz CT molecular complexity index is 1130. The van der Waals surface area contributed by atoms with E-state index >= 15 is 0 Å². The van der Waals surface area contributed by atoms with Gasteiger partial charge < -0.3 is 9.15 Å². The second kappa shape index (κ2) is 6.48. The van der Waals surface area contributed by atoms with E-state index < -0.39 is 5.63 Å². The highest BCUT2D eigenvalue weighted by Gasteiger charge is 2.13. The van der Waals surface area contributed by atoms with E-state index in [-0.39, 0.29) is 0 Å². The van der Waals surface area contributed by atoms with Crippen molar-refractivity contribution in [3.8, 4) is 22.7 Å². The molecule has 0 bridgehead atoms. The van der Waals surface area contributed by atoms with Crippen LogP contribution in [-0.4, -0.2) is 21.6 Å². The molecule has 0 aliphatic carbocycles. The van der Waals surface area contributed by atoms with Gasteiger partial charge in [0.25, 0.3) is 0 Å². The quantitative estimate of drug-likeness (QED) is 0.526. The molecule has 6 heteroatoms. The number of para-hydroxylation sites is 1. The lowest BCUT2D eigenvalue weighted by Gasteiger charge is -2.06. The molecule has 0 amide bonds. The molecule has 0 aliphatic rings. The van der Waals surface area contributed by atoms with Crippen LogP contribution in [0.5, 0.6) is 5.75 Å². The molecule has 0 atom stereocenters. The van der Waals surface area contributed by atoms with Gasteiger partial charge in [0.15, 0.2) is 17.0 Å². The first-order valence-corrected chi connectivity index (χ1v) is 8.35. The van der Waals surface area contributed by atoms with Crippen LogP contribution in [0.15, 0.2) is 63.9 Å². The molecular weight excluding hydrogens is 330 g/mol. The molecule has 0 fully saturated rings. The second-order valence-corrected chi connectivity index (χ2v) is 5.94. The standard InChI is InChI=1S/C20H17N3O3/c1-3-25-18-6-4-5-15-11-17(20(24)26-19(15)18)23-12-16(21-22-23)14-9-7-13(2)8-10-14/h4-12H,3H2,1-2H3. The average Bonchev–Trinajstić information content (AvgIpc) is 3.12. The smallest absolute Gasteiger partial charge is 0.362 e. The molecule has 2 heterocycles. The van der Waals surface area contributed by atoms with Crippen LogP contribution in [0.4, 0.5) is 0 Å². The van der Waals surface area contributed by atoms with Gasteiger partial charge in [-0.1, -0.05) is 47.2 Å². The molecule has 2 aromatic heterocycles. The minimum absolute atomic E-state index is 0.303. The highest BCUT2D eigenvalue weighted by molar-refractivity contribution is 5.83. The Hall–Kier alpha value is -3.41. The fourth-order valence-corrected chi connectivity index (χ4v) is 2.77. The van der Waals surface area contributed by atoms with E-state index in [1.165, 1.54) is 10.2 Å². The third kappa shape index (κ3) is 2.86. The lowest BCUT2D eigenvalue weighted by molar-refractivity contribution is 0.337. The summed E-state index contributed by atoms with van der Waals surface area (Å²) in [5.74, 6) is 0.549. The van der Waals surface area contributed by atoms with Crippen molar-refractivity contribution in [1.29, 1.82) is 0 Å². The summed E-state index contributed by atoms with van der Waals surface area (Å²) < 4.78 is 12.5. The molecule has 130 valence electrons. The van der Waals surface area contributed by atoms with Crippen molar-refractivity contribution in [2.45, 2.75) is 13.8 Å². The number of hydrogen-bond donors (Lipinski definition) is 0. The van der Waals surface area contributed by atoms with E-state index in [4.69, 9.17) is 9.15 Å². The molecular formula is C20H17N3O3. The average molecular weight is 347 g/mol. The third-order valence-electron chi connectivity index (χ3n) is 4.09. The lowest BCUT2D eigenvalue weighted by Crippen LogP contribution is -2.11. The summed E-state index contributed by atoms with van der Waals surface area (Å²) in [6, 6.07) is 15.2. The number of benzene rings is 2. The molecule has 4 aromatic rings. The second-order valence-electron chi connectivity index (χ2n) is 5.94. The number of fused-ring (bicyclic) bond motifs is 1. The summed E-state index contributed by atoms with van der Waals surface area (Å²) in [6.07, 6.45) is 1.72. The molecule has 0 saturated heterocycles. The molecule has 2 aromatic carbocycles. The van der Waals surface area contributed by atoms with Gasteiger partial charge in [-0.05, 0) is 26.0 Å². The number of hydrogen-bond acceptors (Lipinski definition) is 5. The van der Waals surface area contributed by atoms with Gasteiger partial charge in [-0.25, -0.2) is 9.48 Å². The maximum atomic E-state index is 12.5. The lowest BCUT2D eigenvalue weighted by atomic mass is 10.1. The summed E-state index contributed by atoms with van der Waals surface area (Å²) in [5, 5.41) is 9.02. The first kappa shape index (κ1) is 16.1. The maximum absolute atomic E-state index is 12.5. The number of rotatable bonds is 4. The monoisotopic (exact) mass is 347 g/mol. The fourth-order valence-electron chi connectivity index (χ4n) is 2.77. The molecule has 0 N–H and O–H groups in total. The Balaban J connectivity index is 1.79. The highest BCUT2D eigenvalue weighted by Crippen LogP contribution is 2.26. The van der Waals surface area contributed by atoms with E-state index in [1.54, 1.807) is 18.3 Å². The van der Waals surface area contributed by atoms with Crippen molar-refractivity contribution in [2.24, 2.45) is 0 Å². The van der Waals surface area contributed by atoms with Crippen molar-refractivity contribution in [2.75, 3.05) is 6.61 Å². The van der Waals surface area contributed by atoms with E-state index in [2.05, 4.69) is 10.3 Å². The Morgan fingerprint density at radius 3 is 2.73 bits per heavy atom. The number of aromatic nitrogens is 3. The minimum Gasteiger partial charge on any atom is -0.490 e. The van der Waals surface area contributed by atoms with Crippen molar-refractivity contribution >= 4 is 11.0 Å². The zero-order valence-electron chi connectivity index (χ0n) is 14.5. The minimum atomic E-state index is -0.495. The topological polar surface area (TPSA) is 70.2 Å².